The maximum absolute atomic E-state index is 12.6. The predicted molar refractivity (Wildman–Crippen MR) is 140 cm³/mol. The summed E-state index contributed by atoms with van der Waals surface area (Å²) in [4.78, 5) is 33.8. The van der Waals surface area contributed by atoms with Crippen molar-refractivity contribution in [3.63, 3.8) is 0 Å². The number of benzene rings is 2. The van der Waals surface area contributed by atoms with Gasteiger partial charge in [0.15, 0.2) is 0 Å². The molecule has 3 N–H and O–H groups in total. The van der Waals surface area contributed by atoms with Crippen molar-refractivity contribution in [2.75, 3.05) is 42.1 Å². The number of amides is 2. The molecule has 0 saturated carbocycles. The molecule has 2 aromatic carbocycles. The van der Waals surface area contributed by atoms with Crippen LogP contribution in [-0.2, 0) is 11.3 Å². The van der Waals surface area contributed by atoms with E-state index in [1.807, 2.05) is 53.4 Å². The molecule has 8 heteroatoms. The standard InChI is InChI=1S/C28H31N5O3/c29-23-8-4-5-9-24(23)31-26(34)22-10-11-25(30-18-22)33-17-14-28(20-33)12-15-32(16-13-28)27(35)36-19-21-6-2-1-3-7-21/h1-11,18H,12-17,19-20,29H2,(H,31,34). The minimum atomic E-state index is -0.239. The molecule has 2 saturated heterocycles. The summed E-state index contributed by atoms with van der Waals surface area (Å²) in [5.41, 5.74) is 8.68. The van der Waals surface area contributed by atoms with Crippen LogP contribution in [0.2, 0.25) is 0 Å². The zero-order chi connectivity index (χ0) is 25.0. The van der Waals surface area contributed by atoms with E-state index in [1.54, 1.807) is 24.4 Å². The number of rotatable bonds is 5. The Bertz CT molecular complexity index is 1210. The number of nitrogen functional groups attached to an aromatic ring is 1. The lowest BCUT2D eigenvalue weighted by Gasteiger charge is -2.38. The van der Waals surface area contributed by atoms with Crippen molar-refractivity contribution in [2.45, 2.75) is 25.9 Å². The van der Waals surface area contributed by atoms with Crippen molar-refractivity contribution in [3.8, 4) is 0 Å². The molecular formula is C28H31N5O3. The van der Waals surface area contributed by atoms with Gasteiger partial charge in [-0.15, -0.1) is 0 Å². The van der Waals surface area contributed by atoms with Gasteiger partial charge in [-0.25, -0.2) is 9.78 Å². The summed E-state index contributed by atoms with van der Waals surface area (Å²) in [6.45, 7) is 3.53. The first-order valence-electron chi connectivity index (χ1n) is 12.3. The monoisotopic (exact) mass is 485 g/mol. The van der Waals surface area contributed by atoms with E-state index in [2.05, 4.69) is 15.2 Å². The Labute approximate surface area is 211 Å². The van der Waals surface area contributed by atoms with Crippen LogP contribution >= 0.6 is 0 Å². The van der Waals surface area contributed by atoms with Gasteiger partial charge in [-0.2, -0.15) is 0 Å². The zero-order valence-electron chi connectivity index (χ0n) is 20.2. The number of carbonyl (C=O) groups is 2. The van der Waals surface area contributed by atoms with Crippen LogP contribution in [0.25, 0.3) is 0 Å². The van der Waals surface area contributed by atoms with Crippen LogP contribution in [0.5, 0.6) is 0 Å². The van der Waals surface area contributed by atoms with Crippen LogP contribution in [0.3, 0.4) is 0 Å². The number of pyridine rings is 1. The minimum absolute atomic E-state index is 0.179. The first kappa shape index (κ1) is 23.7. The SMILES string of the molecule is Nc1ccccc1NC(=O)c1ccc(N2CCC3(CCN(C(=O)OCc4ccccc4)CC3)C2)nc1. The van der Waals surface area contributed by atoms with Crippen molar-refractivity contribution in [1.82, 2.24) is 9.88 Å². The van der Waals surface area contributed by atoms with Crippen molar-refractivity contribution in [1.29, 1.82) is 0 Å². The summed E-state index contributed by atoms with van der Waals surface area (Å²) < 4.78 is 5.51. The summed E-state index contributed by atoms with van der Waals surface area (Å²) in [5, 5.41) is 2.83. The zero-order valence-corrected chi connectivity index (χ0v) is 20.2. The molecule has 2 fully saturated rings. The van der Waals surface area contributed by atoms with E-state index in [0.29, 0.717) is 36.6 Å². The highest BCUT2D eigenvalue weighted by molar-refractivity contribution is 6.05. The molecular weight excluding hydrogens is 454 g/mol. The first-order valence-corrected chi connectivity index (χ1v) is 12.3. The molecule has 0 bridgehead atoms. The second-order valence-electron chi connectivity index (χ2n) is 9.65. The lowest BCUT2D eigenvalue weighted by atomic mass is 9.78. The third-order valence-corrected chi connectivity index (χ3v) is 7.27. The number of hydrogen-bond donors (Lipinski definition) is 2. The summed E-state index contributed by atoms with van der Waals surface area (Å²) in [6, 6.07) is 20.6. The Hall–Kier alpha value is -4.07. The van der Waals surface area contributed by atoms with Gasteiger partial charge in [0.05, 0.1) is 16.9 Å². The van der Waals surface area contributed by atoms with Gasteiger partial charge in [-0.05, 0) is 54.5 Å². The van der Waals surface area contributed by atoms with E-state index >= 15 is 0 Å². The highest BCUT2D eigenvalue weighted by Crippen LogP contribution is 2.41. The molecule has 2 aliphatic heterocycles. The van der Waals surface area contributed by atoms with Crippen molar-refractivity contribution in [2.24, 2.45) is 5.41 Å². The molecule has 8 nitrogen and oxygen atoms in total. The number of carbonyl (C=O) groups excluding carboxylic acids is 2. The molecule has 1 spiro atoms. The molecule has 0 radical (unpaired) electrons. The van der Waals surface area contributed by atoms with Gasteiger partial charge in [0, 0.05) is 32.4 Å². The number of nitrogens with two attached hydrogens (primary N) is 1. The van der Waals surface area contributed by atoms with Gasteiger partial charge in [0.25, 0.3) is 5.91 Å². The topological polar surface area (TPSA) is 101 Å². The van der Waals surface area contributed by atoms with Crippen LogP contribution in [-0.4, -0.2) is 48.1 Å². The number of nitrogens with one attached hydrogen (secondary N) is 1. The molecule has 3 aromatic rings. The molecule has 186 valence electrons. The summed E-state index contributed by atoms with van der Waals surface area (Å²) in [6.07, 6.45) is 4.33. The first-order chi connectivity index (χ1) is 17.5. The van der Waals surface area contributed by atoms with E-state index in [0.717, 1.165) is 43.7 Å². The fourth-order valence-electron chi connectivity index (χ4n) is 5.03. The van der Waals surface area contributed by atoms with Crippen molar-refractivity contribution >= 4 is 29.2 Å². The Morgan fingerprint density at radius 2 is 1.67 bits per heavy atom. The Kier molecular flexibility index (Phi) is 6.75. The molecule has 5 rings (SSSR count). The minimum Gasteiger partial charge on any atom is -0.445 e. The summed E-state index contributed by atoms with van der Waals surface area (Å²) in [7, 11) is 0. The van der Waals surface area contributed by atoms with E-state index < -0.39 is 0 Å². The van der Waals surface area contributed by atoms with Crippen molar-refractivity contribution in [3.05, 3.63) is 84.1 Å². The second-order valence-corrected chi connectivity index (χ2v) is 9.65. The average Bonchev–Trinajstić information content (AvgIpc) is 3.33. The third-order valence-electron chi connectivity index (χ3n) is 7.27. The van der Waals surface area contributed by atoms with Gasteiger partial charge in [0.1, 0.15) is 12.4 Å². The molecule has 2 aliphatic rings. The highest BCUT2D eigenvalue weighted by atomic mass is 16.6. The Morgan fingerprint density at radius 1 is 0.944 bits per heavy atom. The van der Waals surface area contributed by atoms with Gasteiger partial charge in [-0.1, -0.05) is 42.5 Å². The predicted octanol–water partition coefficient (Wildman–Crippen LogP) is 4.55. The molecule has 0 unspecified atom stereocenters. The van der Waals surface area contributed by atoms with Gasteiger partial charge in [0.2, 0.25) is 0 Å². The van der Waals surface area contributed by atoms with Gasteiger partial charge < -0.3 is 25.6 Å². The smallest absolute Gasteiger partial charge is 0.410 e. The van der Waals surface area contributed by atoms with Crippen LogP contribution < -0.4 is 16.0 Å². The third kappa shape index (κ3) is 5.27. The molecule has 2 amide bonds. The number of nitrogens with zero attached hydrogens (tertiary/aromatic N) is 3. The van der Waals surface area contributed by atoms with E-state index in [1.165, 1.54) is 0 Å². The Morgan fingerprint density at radius 3 is 2.39 bits per heavy atom. The maximum atomic E-state index is 12.6. The number of para-hydroxylation sites is 2. The van der Waals surface area contributed by atoms with E-state index in [4.69, 9.17) is 10.5 Å². The largest absolute Gasteiger partial charge is 0.445 e. The second kappa shape index (κ2) is 10.3. The quantitative estimate of drug-likeness (QED) is 0.515. The number of aromatic nitrogens is 1. The molecule has 3 heterocycles. The molecule has 36 heavy (non-hydrogen) atoms. The molecule has 1 aromatic heterocycles. The molecule has 0 atom stereocenters. The van der Waals surface area contributed by atoms with Crippen LogP contribution in [0.1, 0.15) is 35.2 Å². The number of likely N-dealkylation sites (tertiary alicyclic amines) is 1. The highest BCUT2D eigenvalue weighted by Gasteiger charge is 2.42. The number of piperidine rings is 1. The maximum Gasteiger partial charge on any atom is 0.410 e. The average molecular weight is 486 g/mol. The number of anilines is 3. The van der Waals surface area contributed by atoms with E-state index in [-0.39, 0.29) is 17.4 Å². The summed E-state index contributed by atoms with van der Waals surface area (Å²) >= 11 is 0. The van der Waals surface area contributed by atoms with Crippen LogP contribution in [0, 0.1) is 5.41 Å². The summed E-state index contributed by atoms with van der Waals surface area (Å²) in [5.74, 6) is 0.628. The lowest BCUT2D eigenvalue weighted by molar-refractivity contribution is 0.0668. The molecule has 0 aliphatic carbocycles. The fourth-order valence-corrected chi connectivity index (χ4v) is 5.03. The van der Waals surface area contributed by atoms with Gasteiger partial charge in [-0.3, -0.25) is 4.79 Å². The normalized spacial score (nSPS) is 16.7. The van der Waals surface area contributed by atoms with Crippen LogP contribution in [0.4, 0.5) is 22.0 Å². The van der Waals surface area contributed by atoms with Gasteiger partial charge >= 0.3 is 6.09 Å². The van der Waals surface area contributed by atoms with Crippen LogP contribution in [0.15, 0.2) is 72.9 Å². The van der Waals surface area contributed by atoms with Crippen molar-refractivity contribution < 1.29 is 14.3 Å². The van der Waals surface area contributed by atoms with E-state index in [9.17, 15) is 9.59 Å². The number of ether oxygens (including phenoxy) is 1. The number of hydrogen-bond acceptors (Lipinski definition) is 6. The fraction of sp³-hybridized carbons (Fsp3) is 0.321. The Balaban J connectivity index is 1.12. The lowest BCUT2D eigenvalue weighted by Crippen LogP contribution is -2.44.